The largest absolute Gasteiger partial charge is 0.481 e. The molecule has 8 N–H and O–H groups in total. The highest BCUT2D eigenvalue weighted by atomic mass is 16.4. The van der Waals surface area contributed by atoms with Gasteiger partial charge in [0, 0.05) is 25.7 Å². The first-order valence-electron chi connectivity index (χ1n) is 10.4. The summed E-state index contributed by atoms with van der Waals surface area (Å²) in [6.45, 7) is -1.62. The smallest absolute Gasteiger partial charge is 0.304 e. The van der Waals surface area contributed by atoms with Crippen molar-refractivity contribution < 1.29 is 60.0 Å². The lowest BCUT2D eigenvalue weighted by Crippen LogP contribution is -2.37. The van der Waals surface area contributed by atoms with E-state index in [1.807, 2.05) is 0 Å². The van der Waals surface area contributed by atoms with E-state index in [-0.39, 0.29) is 25.7 Å². The first-order chi connectivity index (χ1) is 17.3. The number of aliphatic hydroxyl groups excluding tert-OH is 4. The molecule has 0 amide bonds. The van der Waals surface area contributed by atoms with Gasteiger partial charge in [0.05, 0.1) is 57.5 Å². The zero-order valence-corrected chi connectivity index (χ0v) is 20.5. The first-order valence-corrected chi connectivity index (χ1v) is 10.4. The number of hydrogen-bond acceptors (Lipinski definition) is 8. The van der Waals surface area contributed by atoms with Crippen LogP contribution in [0, 0.1) is 54.8 Å². The Morgan fingerprint density at radius 1 is 0.459 bits per heavy atom. The Morgan fingerprint density at radius 2 is 0.622 bits per heavy atom. The van der Waals surface area contributed by atoms with Crippen LogP contribution in [0.15, 0.2) is 0 Å². The van der Waals surface area contributed by atoms with E-state index in [1.54, 1.807) is 0 Å². The van der Waals surface area contributed by atoms with Crippen LogP contribution in [0.2, 0.25) is 0 Å². The van der Waals surface area contributed by atoms with Gasteiger partial charge in [0.1, 0.15) is 0 Å². The van der Waals surface area contributed by atoms with Crippen molar-refractivity contribution in [1.82, 2.24) is 0 Å². The Balaban J connectivity index is -0.000000116. The van der Waals surface area contributed by atoms with Crippen molar-refractivity contribution in [3.8, 4) is 49.4 Å². The van der Waals surface area contributed by atoms with Crippen LogP contribution in [0.3, 0.4) is 0 Å². The topological polar surface area (TPSA) is 230 Å². The van der Waals surface area contributed by atoms with Gasteiger partial charge in [0.2, 0.25) is 0 Å². The standard InChI is InChI=1S/C5H12O4.4C5H6O2/c6-1-5(2-7,3-8)4-9;4*1-2-3-4-5(6)7/h6-9H,1-4H2;4*1H,3-4H2,(H,6,7). The van der Waals surface area contributed by atoms with Gasteiger partial charge in [-0.25, -0.2) is 0 Å². The molecule has 0 aromatic carbocycles. The van der Waals surface area contributed by atoms with Crippen LogP contribution in [0.5, 0.6) is 0 Å². The van der Waals surface area contributed by atoms with Gasteiger partial charge in [-0.05, 0) is 0 Å². The maximum atomic E-state index is 9.66. The lowest BCUT2D eigenvalue weighted by molar-refractivity contribution is -0.137. The van der Waals surface area contributed by atoms with E-state index in [0.717, 1.165) is 0 Å². The molecule has 0 rings (SSSR count). The third-order valence-electron chi connectivity index (χ3n) is 3.27. The molecule has 12 nitrogen and oxygen atoms in total. The maximum Gasteiger partial charge on any atom is 0.304 e. The quantitative estimate of drug-likeness (QED) is 0.155. The minimum Gasteiger partial charge on any atom is -0.481 e. The predicted molar refractivity (Wildman–Crippen MR) is 134 cm³/mol. The van der Waals surface area contributed by atoms with Gasteiger partial charge in [-0.3, -0.25) is 19.2 Å². The molecule has 0 saturated carbocycles. The number of hydrogen-bond donors (Lipinski definition) is 8. The fourth-order valence-corrected chi connectivity index (χ4v) is 1.02. The third kappa shape index (κ3) is 50.0. The van der Waals surface area contributed by atoms with Crippen molar-refractivity contribution in [2.45, 2.75) is 51.4 Å². The summed E-state index contributed by atoms with van der Waals surface area (Å²) in [5.41, 5.74) is -1.11. The van der Waals surface area contributed by atoms with Crippen molar-refractivity contribution in [2.75, 3.05) is 26.4 Å². The van der Waals surface area contributed by atoms with Crippen molar-refractivity contribution in [1.29, 1.82) is 0 Å². The summed E-state index contributed by atoms with van der Waals surface area (Å²) in [5, 5.41) is 65.8. The third-order valence-corrected chi connectivity index (χ3v) is 3.27. The van der Waals surface area contributed by atoms with E-state index in [4.69, 9.17) is 66.5 Å². The monoisotopic (exact) mass is 528 g/mol. The Bertz CT molecular complexity index is 642. The second kappa shape index (κ2) is 34.1. The molecule has 0 saturated heterocycles. The van der Waals surface area contributed by atoms with Crippen molar-refractivity contribution in [3.63, 3.8) is 0 Å². The highest BCUT2D eigenvalue weighted by Crippen LogP contribution is 2.11. The number of aliphatic hydroxyl groups is 4. The van der Waals surface area contributed by atoms with Crippen molar-refractivity contribution in [2.24, 2.45) is 5.41 Å². The van der Waals surface area contributed by atoms with E-state index in [2.05, 4.69) is 23.7 Å². The minimum atomic E-state index is -1.11. The molecule has 0 aliphatic heterocycles. The molecule has 0 aromatic rings. The Morgan fingerprint density at radius 3 is 0.649 bits per heavy atom. The summed E-state index contributed by atoms with van der Waals surface area (Å²) < 4.78 is 0. The average Bonchev–Trinajstić information content (AvgIpc) is 2.86. The highest BCUT2D eigenvalue weighted by molar-refractivity contribution is 5.67. The van der Waals surface area contributed by atoms with Crippen molar-refractivity contribution >= 4 is 23.9 Å². The minimum absolute atomic E-state index is 0.0799. The normalized spacial score (nSPS) is 8.43. The van der Waals surface area contributed by atoms with E-state index in [0.29, 0.717) is 25.7 Å². The van der Waals surface area contributed by atoms with Crippen LogP contribution in [-0.4, -0.2) is 91.2 Å². The summed E-state index contributed by atoms with van der Waals surface area (Å²) in [6.07, 6.45) is 20.7. The summed E-state index contributed by atoms with van der Waals surface area (Å²) in [5.74, 6) is 5.53. The molecule has 0 radical (unpaired) electrons. The summed E-state index contributed by atoms with van der Waals surface area (Å²) in [6, 6.07) is 0. The van der Waals surface area contributed by atoms with Gasteiger partial charge in [-0.15, -0.1) is 49.4 Å². The van der Waals surface area contributed by atoms with Crippen LogP contribution >= 0.6 is 0 Å². The number of carbonyl (C=O) groups is 4. The number of carboxylic acid groups (broad SMARTS) is 4. The number of carboxylic acids is 4. The molecular weight excluding hydrogens is 492 g/mol. The van der Waals surface area contributed by atoms with Crippen LogP contribution in [0.1, 0.15) is 51.4 Å². The number of terminal acetylenes is 4. The molecule has 0 fully saturated rings. The number of aliphatic carboxylic acids is 4. The van der Waals surface area contributed by atoms with Crippen LogP contribution in [0.25, 0.3) is 0 Å². The van der Waals surface area contributed by atoms with Crippen LogP contribution in [0.4, 0.5) is 0 Å². The van der Waals surface area contributed by atoms with Gasteiger partial charge in [0.25, 0.3) is 0 Å². The van der Waals surface area contributed by atoms with E-state index >= 15 is 0 Å². The van der Waals surface area contributed by atoms with Gasteiger partial charge in [-0.1, -0.05) is 0 Å². The molecule has 0 aliphatic carbocycles. The lowest BCUT2D eigenvalue weighted by atomic mass is 9.93. The Kier molecular flexibility index (Phi) is 39.7. The molecule has 208 valence electrons. The second-order valence-electron chi connectivity index (χ2n) is 6.52. The van der Waals surface area contributed by atoms with E-state index in [9.17, 15) is 19.2 Å². The molecule has 0 bridgehead atoms. The number of rotatable bonds is 12. The van der Waals surface area contributed by atoms with Crippen molar-refractivity contribution in [3.05, 3.63) is 0 Å². The maximum absolute atomic E-state index is 9.66. The molecule has 37 heavy (non-hydrogen) atoms. The summed E-state index contributed by atoms with van der Waals surface area (Å²) >= 11 is 0. The van der Waals surface area contributed by atoms with Crippen LogP contribution in [-0.2, 0) is 19.2 Å². The van der Waals surface area contributed by atoms with Gasteiger partial charge >= 0.3 is 23.9 Å². The highest BCUT2D eigenvalue weighted by Gasteiger charge is 2.26. The summed E-state index contributed by atoms with van der Waals surface area (Å²) in [4.78, 5) is 38.7. The molecule has 0 atom stereocenters. The zero-order valence-electron chi connectivity index (χ0n) is 20.5. The lowest BCUT2D eigenvalue weighted by Gasteiger charge is -2.23. The summed E-state index contributed by atoms with van der Waals surface area (Å²) in [7, 11) is 0. The molecule has 12 heteroatoms. The molecule has 0 aromatic heterocycles. The SMILES string of the molecule is C#CCCC(=O)O.C#CCCC(=O)O.C#CCCC(=O)O.C#CCCC(=O)O.OCC(CO)(CO)CO. The second-order valence-corrected chi connectivity index (χ2v) is 6.52. The Labute approximate surface area is 217 Å². The molecule has 0 heterocycles. The Hall–Kier alpha value is -4.04. The van der Waals surface area contributed by atoms with E-state index < -0.39 is 55.7 Å². The zero-order chi connectivity index (χ0) is 30.1. The van der Waals surface area contributed by atoms with E-state index in [1.165, 1.54) is 0 Å². The first kappa shape index (κ1) is 43.1. The molecular formula is C25H36O12. The molecule has 0 unspecified atom stereocenters. The predicted octanol–water partition coefficient (Wildman–Crippen LogP) is -0.120. The molecule has 0 aliphatic rings. The fraction of sp³-hybridized carbons (Fsp3) is 0.520. The van der Waals surface area contributed by atoms with Gasteiger partial charge < -0.3 is 40.9 Å². The molecule has 0 spiro atoms. The van der Waals surface area contributed by atoms with Gasteiger partial charge in [-0.2, -0.15) is 0 Å². The average molecular weight is 529 g/mol. The fourth-order valence-electron chi connectivity index (χ4n) is 1.02. The van der Waals surface area contributed by atoms with Gasteiger partial charge in [0.15, 0.2) is 0 Å². The van der Waals surface area contributed by atoms with Crippen LogP contribution < -0.4 is 0 Å².